The lowest BCUT2D eigenvalue weighted by atomic mass is 10.3. The van der Waals surface area contributed by atoms with Crippen LogP contribution in [0.25, 0.3) is 0 Å². The summed E-state index contributed by atoms with van der Waals surface area (Å²) in [6, 6.07) is 5.60. The first kappa shape index (κ1) is 15.2. The molecule has 0 radical (unpaired) electrons. The predicted molar refractivity (Wildman–Crippen MR) is 68.1 cm³/mol. The van der Waals surface area contributed by atoms with E-state index >= 15 is 0 Å². The monoisotopic (exact) mass is 297 g/mol. The second-order valence-electron chi connectivity index (χ2n) is 3.80. The summed E-state index contributed by atoms with van der Waals surface area (Å²) in [4.78, 5) is -0.387. The summed E-state index contributed by atoms with van der Waals surface area (Å²) in [6.07, 6.45) is 0.602. The van der Waals surface area contributed by atoms with Gasteiger partial charge in [-0.2, -0.15) is 8.78 Å². The summed E-state index contributed by atoms with van der Waals surface area (Å²) in [7, 11) is -4.59. The van der Waals surface area contributed by atoms with Gasteiger partial charge in [0.25, 0.3) is 0 Å². The molecule has 18 heavy (non-hydrogen) atoms. The van der Waals surface area contributed by atoms with Crippen LogP contribution in [-0.4, -0.2) is 26.1 Å². The van der Waals surface area contributed by atoms with Gasteiger partial charge in [0, 0.05) is 11.9 Å². The average Bonchev–Trinajstić information content (AvgIpc) is 2.28. The molecule has 0 saturated heterocycles. The Kier molecular flexibility index (Phi) is 5.34. The molecule has 0 saturated carbocycles. The van der Waals surface area contributed by atoms with Gasteiger partial charge < -0.3 is 5.32 Å². The molecular weight excluding hydrogens is 284 g/mol. The Morgan fingerprint density at radius 2 is 1.94 bits per heavy atom. The molecule has 1 aromatic rings. The van der Waals surface area contributed by atoms with E-state index in [1.807, 2.05) is 0 Å². The van der Waals surface area contributed by atoms with Crippen molar-refractivity contribution < 1.29 is 17.2 Å². The van der Waals surface area contributed by atoms with Crippen LogP contribution in [0.1, 0.15) is 13.3 Å². The summed E-state index contributed by atoms with van der Waals surface area (Å²) < 4.78 is 47.9. The van der Waals surface area contributed by atoms with Gasteiger partial charge in [-0.05, 0) is 25.5 Å². The summed E-state index contributed by atoms with van der Waals surface area (Å²) in [5, 5.41) is 2.74. The molecule has 0 aliphatic carbocycles. The van der Waals surface area contributed by atoms with Crippen LogP contribution in [0.2, 0.25) is 0 Å². The summed E-state index contributed by atoms with van der Waals surface area (Å²) in [5.74, 6) is -3.42. The number of sulfone groups is 1. The molecule has 1 aromatic carbocycles. The third kappa shape index (κ3) is 3.81. The molecule has 7 heteroatoms. The molecular formula is C11H14ClF2NO2S. The molecule has 0 aliphatic rings. The lowest BCUT2D eigenvalue weighted by Crippen LogP contribution is -2.15. The Balaban J connectivity index is 2.94. The molecule has 0 spiro atoms. The van der Waals surface area contributed by atoms with Gasteiger partial charge in [0.1, 0.15) is 0 Å². The zero-order chi connectivity index (χ0) is 13.8. The normalized spacial score (nSPS) is 13.6. The Morgan fingerprint density at radius 3 is 2.50 bits per heavy atom. The number of halogens is 3. The molecule has 1 N–H and O–H groups in total. The van der Waals surface area contributed by atoms with E-state index in [-0.39, 0.29) is 16.0 Å². The third-order valence-electron chi connectivity index (χ3n) is 2.29. The molecule has 1 rings (SSSR count). The number of anilines is 1. The number of hydrogen-bond donors (Lipinski definition) is 1. The number of hydrogen-bond acceptors (Lipinski definition) is 3. The molecule has 0 fully saturated rings. The van der Waals surface area contributed by atoms with Crippen LogP contribution in [0.5, 0.6) is 0 Å². The highest BCUT2D eigenvalue weighted by molar-refractivity contribution is 7.91. The maximum atomic E-state index is 12.5. The van der Waals surface area contributed by atoms with Crippen LogP contribution >= 0.6 is 11.6 Å². The van der Waals surface area contributed by atoms with Crippen molar-refractivity contribution in [2.45, 2.75) is 29.4 Å². The fourth-order valence-electron chi connectivity index (χ4n) is 1.36. The minimum atomic E-state index is -4.59. The van der Waals surface area contributed by atoms with E-state index in [4.69, 9.17) is 11.6 Å². The van der Waals surface area contributed by atoms with Gasteiger partial charge in [-0.15, -0.1) is 11.6 Å². The summed E-state index contributed by atoms with van der Waals surface area (Å²) >= 11 is 5.75. The van der Waals surface area contributed by atoms with E-state index in [0.29, 0.717) is 13.0 Å². The van der Waals surface area contributed by atoms with Crippen molar-refractivity contribution in [1.29, 1.82) is 0 Å². The van der Waals surface area contributed by atoms with E-state index in [2.05, 4.69) is 5.32 Å². The van der Waals surface area contributed by atoms with Crippen LogP contribution in [0.15, 0.2) is 29.2 Å². The van der Waals surface area contributed by atoms with Gasteiger partial charge in [0.15, 0.2) is 0 Å². The average molecular weight is 298 g/mol. The van der Waals surface area contributed by atoms with Gasteiger partial charge in [0.2, 0.25) is 9.84 Å². The standard InChI is InChI=1S/C11H14ClF2NO2S/c1-8(12)6-7-15-9-4-2-3-5-10(9)18(16,17)11(13)14/h2-5,8,11,15H,6-7H2,1H3. The van der Waals surface area contributed by atoms with Crippen molar-refractivity contribution in [3.05, 3.63) is 24.3 Å². The van der Waals surface area contributed by atoms with Crippen molar-refractivity contribution in [2.24, 2.45) is 0 Å². The van der Waals surface area contributed by atoms with E-state index in [1.165, 1.54) is 12.1 Å². The Bertz CT molecular complexity index is 492. The van der Waals surface area contributed by atoms with Crippen LogP contribution in [-0.2, 0) is 9.84 Å². The van der Waals surface area contributed by atoms with E-state index in [9.17, 15) is 17.2 Å². The number of rotatable bonds is 6. The fourth-order valence-corrected chi connectivity index (χ4v) is 2.38. The van der Waals surface area contributed by atoms with Gasteiger partial charge in [-0.1, -0.05) is 12.1 Å². The quantitative estimate of drug-likeness (QED) is 0.821. The summed E-state index contributed by atoms with van der Waals surface area (Å²) in [5.41, 5.74) is 0.176. The highest BCUT2D eigenvalue weighted by Crippen LogP contribution is 2.26. The SMILES string of the molecule is CC(Cl)CCNc1ccccc1S(=O)(=O)C(F)F. The van der Waals surface area contributed by atoms with Crippen molar-refractivity contribution >= 4 is 27.1 Å². The molecule has 0 heterocycles. The topological polar surface area (TPSA) is 46.2 Å². The Hall–Kier alpha value is -0.880. The Labute approximate surface area is 110 Å². The second kappa shape index (κ2) is 6.33. The second-order valence-corrected chi connectivity index (χ2v) is 6.43. The molecule has 0 bridgehead atoms. The minimum absolute atomic E-state index is 0.0728. The molecule has 1 unspecified atom stereocenters. The molecule has 3 nitrogen and oxygen atoms in total. The maximum Gasteiger partial charge on any atom is 0.341 e. The maximum absolute atomic E-state index is 12.5. The van der Waals surface area contributed by atoms with Crippen LogP contribution in [0, 0.1) is 0 Å². The minimum Gasteiger partial charge on any atom is -0.384 e. The van der Waals surface area contributed by atoms with Crippen molar-refractivity contribution in [3.63, 3.8) is 0 Å². The zero-order valence-corrected chi connectivity index (χ0v) is 11.3. The van der Waals surface area contributed by atoms with Crippen LogP contribution < -0.4 is 5.32 Å². The van der Waals surface area contributed by atoms with Gasteiger partial charge in [-0.3, -0.25) is 0 Å². The summed E-state index contributed by atoms with van der Waals surface area (Å²) in [6.45, 7) is 2.21. The first-order valence-electron chi connectivity index (χ1n) is 5.34. The molecule has 102 valence electrons. The first-order valence-corrected chi connectivity index (χ1v) is 7.33. The number of para-hydroxylation sites is 1. The molecule has 1 atom stereocenters. The van der Waals surface area contributed by atoms with Gasteiger partial charge in [0.05, 0.1) is 10.6 Å². The van der Waals surface area contributed by atoms with E-state index in [1.54, 1.807) is 13.0 Å². The zero-order valence-electron chi connectivity index (χ0n) is 9.74. The van der Waals surface area contributed by atoms with Crippen molar-refractivity contribution in [2.75, 3.05) is 11.9 Å². The first-order chi connectivity index (χ1) is 8.35. The number of nitrogens with one attached hydrogen (secondary N) is 1. The Morgan fingerprint density at radius 1 is 1.33 bits per heavy atom. The predicted octanol–water partition coefficient (Wildman–Crippen LogP) is 3.11. The smallest absolute Gasteiger partial charge is 0.341 e. The van der Waals surface area contributed by atoms with Crippen LogP contribution in [0.3, 0.4) is 0 Å². The van der Waals surface area contributed by atoms with Crippen molar-refractivity contribution in [3.8, 4) is 0 Å². The fraction of sp³-hybridized carbons (Fsp3) is 0.455. The largest absolute Gasteiger partial charge is 0.384 e. The highest BCUT2D eigenvalue weighted by atomic mass is 35.5. The van der Waals surface area contributed by atoms with E-state index in [0.717, 1.165) is 6.07 Å². The van der Waals surface area contributed by atoms with E-state index < -0.39 is 15.6 Å². The lowest BCUT2D eigenvalue weighted by Gasteiger charge is -2.12. The molecule has 0 amide bonds. The third-order valence-corrected chi connectivity index (χ3v) is 3.94. The lowest BCUT2D eigenvalue weighted by molar-refractivity contribution is 0.235. The molecule has 0 aliphatic heterocycles. The van der Waals surface area contributed by atoms with Gasteiger partial charge >= 0.3 is 5.76 Å². The number of benzene rings is 1. The van der Waals surface area contributed by atoms with Crippen molar-refractivity contribution in [1.82, 2.24) is 0 Å². The number of alkyl halides is 3. The highest BCUT2D eigenvalue weighted by Gasteiger charge is 2.28. The van der Waals surface area contributed by atoms with Crippen LogP contribution in [0.4, 0.5) is 14.5 Å². The molecule has 0 aromatic heterocycles. The van der Waals surface area contributed by atoms with Gasteiger partial charge in [-0.25, -0.2) is 8.42 Å².